The zero-order valence-corrected chi connectivity index (χ0v) is 22.4. The Balaban J connectivity index is 1.84. The first kappa shape index (κ1) is 28.0. The highest BCUT2D eigenvalue weighted by Gasteiger charge is 2.30. The van der Waals surface area contributed by atoms with Crippen LogP contribution in [-0.4, -0.2) is 35.1 Å². The molecule has 0 bridgehead atoms. The summed E-state index contributed by atoms with van der Waals surface area (Å²) in [5.41, 5.74) is 2.46. The molecular formula is C28H29Cl2FN2O2S. The Labute approximate surface area is 226 Å². The second-order valence-corrected chi connectivity index (χ2v) is 10.1. The number of hydrogen-bond donors (Lipinski definition) is 1. The highest BCUT2D eigenvalue weighted by molar-refractivity contribution is 7.99. The molecule has 3 aromatic rings. The van der Waals surface area contributed by atoms with Gasteiger partial charge in [-0.25, -0.2) is 4.39 Å². The molecule has 3 aromatic carbocycles. The van der Waals surface area contributed by atoms with Crippen LogP contribution in [0, 0.1) is 5.82 Å². The maximum absolute atomic E-state index is 13.6. The molecule has 0 radical (unpaired) electrons. The maximum Gasteiger partial charge on any atom is 0.243 e. The lowest BCUT2D eigenvalue weighted by atomic mass is 10.0. The summed E-state index contributed by atoms with van der Waals surface area (Å²) >= 11 is 13.9. The van der Waals surface area contributed by atoms with Crippen molar-refractivity contribution in [3.63, 3.8) is 0 Å². The van der Waals surface area contributed by atoms with E-state index in [9.17, 15) is 14.0 Å². The van der Waals surface area contributed by atoms with E-state index in [1.165, 1.54) is 23.9 Å². The van der Waals surface area contributed by atoms with Crippen molar-refractivity contribution < 1.29 is 14.0 Å². The van der Waals surface area contributed by atoms with Gasteiger partial charge in [-0.3, -0.25) is 9.59 Å². The Morgan fingerprint density at radius 2 is 1.61 bits per heavy atom. The van der Waals surface area contributed by atoms with E-state index in [1.807, 2.05) is 37.3 Å². The highest BCUT2D eigenvalue weighted by Crippen LogP contribution is 2.28. The fraction of sp³-hybridized carbons (Fsp3) is 0.286. The van der Waals surface area contributed by atoms with E-state index in [2.05, 4.69) is 5.32 Å². The molecule has 3 rings (SSSR count). The van der Waals surface area contributed by atoms with Crippen molar-refractivity contribution in [1.29, 1.82) is 0 Å². The number of carbonyl (C=O) groups excluding carboxylic acids is 2. The van der Waals surface area contributed by atoms with E-state index < -0.39 is 6.04 Å². The Kier molecular flexibility index (Phi) is 11.1. The average molecular weight is 548 g/mol. The van der Waals surface area contributed by atoms with Crippen molar-refractivity contribution in [3.05, 3.63) is 105 Å². The van der Waals surface area contributed by atoms with Crippen molar-refractivity contribution in [1.82, 2.24) is 10.2 Å². The van der Waals surface area contributed by atoms with Gasteiger partial charge in [-0.2, -0.15) is 0 Å². The molecule has 0 aliphatic rings. The molecule has 2 amide bonds. The van der Waals surface area contributed by atoms with Crippen LogP contribution in [-0.2, 0) is 28.3 Å². The van der Waals surface area contributed by atoms with Crippen molar-refractivity contribution in [3.8, 4) is 0 Å². The van der Waals surface area contributed by atoms with Gasteiger partial charge in [0.25, 0.3) is 0 Å². The Bertz CT molecular complexity index is 1130. The van der Waals surface area contributed by atoms with E-state index >= 15 is 0 Å². The van der Waals surface area contributed by atoms with Crippen LogP contribution in [0.25, 0.3) is 0 Å². The Hall–Kier alpha value is -2.54. The van der Waals surface area contributed by atoms with Crippen LogP contribution >= 0.6 is 35.0 Å². The van der Waals surface area contributed by atoms with Gasteiger partial charge in [-0.15, -0.1) is 11.8 Å². The second kappa shape index (κ2) is 14.3. The molecule has 0 saturated heterocycles. The molecule has 190 valence electrons. The molecule has 4 nitrogen and oxygen atoms in total. The lowest BCUT2D eigenvalue weighted by molar-refractivity contribution is -0.139. The monoisotopic (exact) mass is 546 g/mol. The van der Waals surface area contributed by atoms with Crippen LogP contribution in [0.5, 0.6) is 0 Å². The minimum atomic E-state index is -0.721. The molecule has 0 aliphatic carbocycles. The predicted molar refractivity (Wildman–Crippen MR) is 147 cm³/mol. The minimum absolute atomic E-state index is 0.134. The average Bonchev–Trinajstić information content (AvgIpc) is 2.88. The number of halogens is 3. The zero-order valence-electron chi connectivity index (χ0n) is 20.1. The lowest BCUT2D eigenvalue weighted by Crippen LogP contribution is -2.51. The summed E-state index contributed by atoms with van der Waals surface area (Å²) in [4.78, 5) is 28.4. The number of nitrogens with one attached hydrogen (secondary N) is 1. The molecule has 1 N–H and O–H groups in total. The van der Waals surface area contributed by atoms with Crippen molar-refractivity contribution in [2.75, 3.05) is 12.3 Å². The minimum Gasteiger partial charge on any atom is -0.354 e. The van der Waals surface area contributed by atoms with Gasteiger partial charge in [0.2, 0.25) is 11.8 Å². The van der Waals surface area contributed by atoms with Gasteiger partial charge in [0.1, 0.15) is 11.9 Å². The lowest BCUT2D eigenvalue weighted by Gasteiger charge is -2.31. The normalized spacial score (nSPS) is 11.7. The van der Waals surface area contributed by atoms with Crippen molar-refractivity contribution >= 4 is 46.8 Å². The maximum atomic E-state index is 13.6. The summed E-state index contributed by atoms with van der Waals surface area (Å²) in [6.07, 6.45) is 1.15. The second-order valence-electron chi connectivity index (χ2n) is 8.34. The van der Waals surface area contributed by atoms with Crippen LogP contribution < -0.4 is 5.32 Å². The Morgan fingerprint density at radius 1 is 0.944 bits per heavy atom. The number of rotatable bonds is 12. The summed E-state index contributed by atoms with van der Waals surface area (Å²) in [5.74, 6) is -0.171. The molecule has 8 heteroatoms. The summed E-state index contributed by atoms with van der Waals surface area (Å²) in [5, 5.41) is 4.04. The number of amides is 2. The van der Waals surface area contributed by atoms with Crippen LogP contribution in [0.3, 0.4) is 0 Å². The Morgan fingerprint density at radius 3 is 2.25 bits per heavy atom. The molecule has 36 heavy (non-hydrogen) atoms. The van der Waals surface area contributed by atoms with Crippen LogP contribution in [0.4, 0.5) is 4.39 Å². The van der Waals surface area contributed by atoms with Crippen LogP contribution in [0.1, 0.15) is 30.0 Å². The number of benzene rings is 3. The first-order valence-corrected chi connectivity index (χ1v) is 13.7. The number of nitrogens with zero attached hydrogens (tertiary/aromatic N) is 1. The molecule has 0 aromatic heterocycles. The van der Waals surface area contributed by atoms with Gasteiger partial charge in [-0.1, -0.05) is 78.7 Å². The summed E-state index contributed by atoms with van der Waals surface area (Å²) in [6, 6.07) is 20.2. The molecule has 0 saturated carbocycles. The first-order valence-electron chi connectivity index (χ1n) is 11.7. The van der Waals surface area contributed by atoms with Gasteiger partial charge >= 0.3 is 0 Å². The number of hydrogen-bond acceptors (Lipinski definition) is 3. The fourth-order valence-corrected chi connectivity index (χ4v) is 5.35. The SMILES string of the molecule is CCCNC(=O)[C@@H](Cc1ccccc1)N(Cc1ccc(F)cc1)C(=O)CSCc1c(Cl)cccc1Cl. The van der Waals surface area contributed by atoms with E-state index in [4.69, 9.17) is 23.2 Å². The van der Waals surface area contributed by atoms with E-state index in [0.29, 0.717) is 28.8 Å². The summed E-state index contributed by atoms with van der Waals surface area (Å²) in [7, 11) is 0. The summed E-state index contributed by atoms with van der Waals surface area (Å²) < 4.78 is 13.5. The number of carbonyl (C=O) groups is 2. The third-order valence-corrected chi connectivity index (χ3v) is 7.27. The molecule has 0 spiro atoms. The first-order chi connectivity index (χ1) is 17.4. The zero-order chi connectivity index (χ0) is 25.9. The molecule has 0 fully saturated rings. The van der Waals surface area contributed by atoms with Gasteiger partial charge < -0.3 is 10.2 Å². The quantitative estimate of drug-likeness (QED) is 0.281. The smallest absolute Gasteiger partial charge is 0.243 e. The predicted octanol–water partition coefficient (Wildman–Crippen LogP) is 6.53. The van der Waals surface area contributed by atoms with E-state index in [1.54, 1.807) is 35.2 Å². The van der Waals surface area contributed by atoms with Crippen molar-refractivity contribution in [2.45, 2.75) is 38.1 Å². The largest absolute Gasteiger partial charge is 0.354 e. The van der Waals surface area contributed by atoms with Gasteiger partial charge in [0.05, 0.1) is 5.75 Å². The molecule has 1 atom stereocenters. The topological polar surface area (TPSA) is 49.4 Å². The third kappa shape index (κ3) is 8.26. The van der Waals surface area contributed by atoms with Gasteiger partial charge in [0.15, 0.2) is 0 Å². The standard InChI is InChI=1S/C28H29Cl2FN2O2S/c1-2-15-32-28(35)26(16-20-7-4-3-5-8-20)33(17-21-11-13-22(31)14-12-21)27(34)19-36-18-23-24(29)9-6-10-25(23)30/h3-14,26H,2,15-19H2,1H3,(H,32,35)/t26-/m1/s1. The molecular weight excluding hydrogens is 518 g/mol. The van der Waals surface area contributed by atoms with E-state index in [0.717, 1.165) is 23.1 Å². The van der Waals surface area contributed by atoms with Crippen LogP contribution in [0.15, 0.2) is 72.8 Å². The van der Waals surface area contributed by atoms with Gasteiger partial charge in [0, 0.05) is 35.3 Å². The van der Waals surface area contributed by atoms with E-state index in [-0.39, 0.29) is 29.9 Å². The number of thioether (sulfide) groups is 1. The summed E-state index contributed by atoms with van der Waals surface area (Å²) in [6.45, 7) is 2.68. The van der Waals surface area contributed by atoms with Gasteiger partial charge in [-0.05, 0) is 47.4 Å². The molecule has 0 heterocycles. The fourth-order valence-electron chi connectivity index (χ4n) is 3.70. The molecule has 0 aliphatic heterocycles. The third-order valence-electron chi connectivity index (χ3n) is 5.62. The molecule has 0 unspecified atom stereocenters. The van der Waals surface area contributed by atoms with Crippen LogP contribution in [0.2, 0.25) is 10.0 Å². The van der Waals surface area contributed by atoms with Crippen molar-refractivity contribution in [2.24, 2.45) is 0 Å². The highest BCUT2D eigenvalue weighted by atomic mass is 35.5.